The van der Waals surface area contributed by atoms with Crippen molar-refractivity contribution in [1.29, 1.82) is 0 Å². The Kier molecular flexibility index (Phi) is 2.83. The van der Waals surface area contributed by atoms with Gasteiger partial charge in [-0.25, -0.2) is 0 Å². The predicted octanol–water partition coefficient (Wildman–Crippen LogP) is 4.14. The van der Waals surface area contributed by atoms with Gasteiger partial charge in [0.1, 0.15) is 0 Å². The highest BCUT2D eigenvalue weighted by molar-refractivity contribution is 5.83. The monoisotopic (exact) mass is 233 g/mol. The summed E-state index contributed by atoms with van der Waals surface area (Å²) in [5.41, 5.74) is 1.69. The molecule has 0 spiro atoms. The summed E-state index contributed by atoms with van der Waals surface area (Å²) in [5.74, 6) is 0. The van der Waals surface area contributed by atoms with Gasteiger partial charge >= 0.3 is 0 Å². The van der Waals surface area contributed by atoms with Crippen LogP contribution in [-0.2, 0) is 0 Å². The molecule has 0 aliphatic heterocycles. The van der Waals surface area contributed by atoms with Crippen molar-refractivity contribution in [3.8, 4) is 0 Å². The van der Waals surface area contributed by atoms with Crippen molar-refractivity contribution >= 4 is 10.8 Å². The van der Waals surface area contributed by atoms with E-state index >= 15 is 0 Å². The first kappa shape index (κ1) is 11.0. The van der Waals surface area contributed by atoms with Gasteiger partial charge in [-0.3, -0.25) is 0 Å². The van der Waals surface area contributed by atoms with Gasteiger partial charge in [-0.15, -0.1) is 0 Å². The molecule has 0 unspecified atom stereocenters. The zero-order valence-corrected chi connectivity index (χ0v) is 9.88. The maximum Gasteiger partial charge on any atom is 0.152 e. The van der Waals surface area contributed by atoms with E-state index in [9.17, 15) is 5.11 Å². The van der Waals surface area contributed by atoms with Crippen LogP contribution in [0.5, 0.6) is 0 Å². The summed E-state index contributed by atoms with van der Waals surface area (Å²) in [5, 5.41) is 12.6. The average molecular weight is 233 g/mol. The summed E-state index contributed by atoms with van der Waals surface area (Å²) in [7, 11) is 0. The molecule has 0 saturated heterocycles. The first-order valence-corrected chi connectivity index (χ1v) is 5.95. The van der Waals surface area contributed by atoms with Crippen molar-refractivity contribution in [2.24, 2.45) is 0 Å². The van der Waals surface area contributed by atoms with Gasteiger partial charge in [0, 0.05) is 0 Å². The van der Waals surface area contributed by atoms with E-state index in [4.69, 9.17) is 0 Å². The minimum atomic E-state index is 0.321. The van der Waals surface area contributed by atoms with Gasteiger partial charge in [0.2, 0.25) is 0 Å². The Hall–Kier alpha value is -2.12. The normalized spacial score (nSPS) is 11.0. The molecule has 3 rings (SSSR count). The van der Waals surface area contributed by atoms with E-state index in [2.05, 4.69) is 12.1 Å². The van der Waals surface area contributed by atoms with Crippen LogP contribution in [0.4, 0.5) is 0 Å². The molecule has 1 heteroatoms. The molecular formula is C17H13O. The fraction of sp³-hybridized carbons (Fsp3) is 0. The van der Waals surface area contributed by atoms with Gasteiger partial charge in [-0.2, -0.15) is 0 Å². The van der Waals surface area contributed by atoms with Gasteiger partial charge < -0.3 is 5.11 Å². The molecule has 1 N–H and O–H groups in total. The summed E-state index contributed by atoms with van der Waals surface area (Å²) in [6.45, 7) is 0. The van der Waals surface area contributed by atoms with Crippen LogP contribution < -0.4 is 0 Å². The van der Waals surface area contributed by atoms with E-state index in [1.54, 1.807) is 0 Å². The van der Waals surface area contributed by atoms with Crippen LogP contribution in [0.15, 0.2) is 72.8 Å². The van der Waals surface area contributed by atoms with Gasteiger partial charge in [-0.1, -0.05) is 66.7 Å². The Morgan fingerprint density at radius 3 is 2.06 bits per heavy atom. The second-order valence-electron chi connectivity index (χ2n) is 4.28. The lowest BCUT2D eigenvalue weighted by atomic mass is 9.99. The highest BCUT2D eigenvalue weighted by Gasteiger charge is 2.11. The average Bonchev–Trinajstić information content (AvgIpc) is 2.47. The molecule has 0 heterocycles. The van der Waals surface area contributed by atoms with Gasteiger partial charge in [-0.05, 0) is 28.0 Å². The lowest BCUT2D eigenvalue weighted by molar-refractivity contribution is 0.356. The topological polar surface area (TPSA) is 20.2 Å². The van der Waals surface area contributed by atoms with Crippen LogP contribution in [0, 0.1) is 6.10 Å². The molecule has 3 aromatic rings. The van der Waals surface area contributed by atoms with Gasteiger partial charge in [0.25, 0.3) is 0 Å². The zero-order valence-electron chi connectivity index (χ0n) is 9.88. The molecule has 0 bridgehead atoms. The number of hydrogen-bond acceptors (Lipinski definition) is 1. The fourth-order valence-corrected chi connectivity index (χ4v) is 2.10. The minimum Gasteiger partial charge on any atom is -0.377 e. The quantitative estimate of drug-likeness (QED) is 0.705. The van der Waals surface area contributed by atoms with Crippen molar-refractivity contribution < 1.29 is 5.11 Å². The summed E-state index contributed by atoms with van der Waals surface area (Å²) in [4.78, 5) is 0. The van der Waals surface area contributed by atoms with Crippen LogP contribution in [0.25, 0.3) is 10.8 Å². The van der Waals surface area contributed by atoms with Gasteiger partial charge in [0.15, 0.2) is 6.10 Å². The number of benzene rings is 3. The lowest BCUT2D eigenvalue weighted by Crippen LogP contribution is -2.00. The molecule has 1 radical (unpaired) electrons. The third-order valence-electron chi connectivity index (χ3n) is 3.07. The lowest BCUT2D eigenvalue weighted by Gasteiger charge is -2.10. The molecule has 1 nitrogen and oxygen atoms in total. The predicted molar refractivity (Wildman–Crippen MR) is 73.8 cm³/mol. The Morgan fingerprint density at radius 1 is 0.611 bits per heavy atom. The first-order valence-electron chi connectivity index (χ1n) is 5.95. The van der Waals surface area contributed by atoms with E-state index < -0.39 is 0 Å². The van der Waals surface area contributed by atoms with Crippen molar-refractivity contribution in [1.82, 2.24) is 0 Å². The largest absolute Gasteiger partial charge is 0.377 e. The van der Waals surface area contributed by atoms with E-state index in [0.717, 1.165) is 16.5 Å². The fourth-order valence-electron chi connectivity index (χ4n) is 2.10. The summed E-state index contributed by atoms with van der Waals surface area (Å²) in [6.07, 6.45) is 0.321. The summed E-state index contributed by atoms with van der Waals surface area (Å²) in [6, 6.07) is 23.7. The molecule has 0 amide bonds. The molecule has 0 aliphatic rings. The second kappa shape index (κ2) is 4.63. The van der Waals surface area contributed by atoms with Crippen LogP contribution in [0.2, 0.25) is 0 Å². The molecule has 18 heavy (non-hydrogen) atoms. The third kappa shape index (κ3) is 2.01. The number of rotatable bonds is 2. The molecule has 0 atom stereocenters. The van der Waals surface area contributed by atoms with Gasteiger partial charge in [0.05, 0.1) is 0 Å². The van der Waals surface area contributed by atoms with Crippen molar-refractivity contribution in [3.63, 3.8) is 0 Å². The van der Waals surface area contributed by atoms with Crippen molar-refractivity contribution in [2.75, 3.05) is 0 Å². The molecular weight excluding hydrogens is 220 g/mol. The maximum atomic E-state index is 10.3. The Morgan fingerprint density at radius 2 is 1.28 bits per heavy atom. The van der Waals surface area contributed by atoms with Crippen molar-refractivity contribution in [3.05, 3.63) is 90.0 Å². The van der Waals surface area contributed by atoms with E-state index in [1.807, 2.05) is 60.7 Å². The maximum absolute atomic E-state index is 10.3. The molecule has 0 fully saturated rings. The van der Waals surface area contributed by atoms with Crippen LogP contribution >= 0.6 is 0 Å². The van der Waals surface area contributed by atoms with Crippen molar-refractivity contribution in [2.45, 2.75) is 0 Å². The Bertz CT molecular complexity index is 659. The van der Waals surface area contributed by atoms with Crippen LogP contribution in [0.1, 0.15) is 11.1 Å². The molecule has 0 aliphatic carbocycles. The minimum absolute atomic E-state index is 0.321. The smallest absolute Gasteiger partial charge is 0.152 e. The number of fused-ring (bicyclic) bond motifs is 1. The molecule has 87 valence electrons. The Balaban J connectivity index is 2.04. The number of hydrogen-bond donors (Lipinski definition) is 1. The third-order valence-corrected chi connectivity index (χ3v) is 3.07. The van der Waals surface area contributed by atoms with E-state index in [0.29, 0.717) is 6.10 Å². The van der Waals surface area contributed by atoms with Crippen LogP contribution in [0.3, 0.4) is 0 Å². The van der Waals surface area contributed by atoms with E-state index in [-0.39, 0.29) is 0 Å². The highest BCUT2D eigenvalue weighted by atomic mass is 16.3. The molecule has 0 aromatic heterocycles. The molecule has 3 aromatic carbocycles. The first-order chi connectivity index (χ1) is 8.84. The SMILES string of the molecule is O[C](c1ccccc1)c1ccc2ccccc2c1. The summed E-state index contributed by atoms with van der Waals surface area (Å²) < 4.78 is 0. The highest BCUT2D eigenvalue weighted by Crippen LogP contribution is 2.24. The number of aliphatic hydroxyl groups is 1. The van der Waals surface area contributed by atoms with Crippen LogP contribution in [-0.4, -0.2) is 5.11 Å². The molecule has 0 saturated carbocycles. The van der Waals surface area contributed by atoms with E-state index in [1.165, 1.54) is 5.39 Å². The standard InChI is InChI=1S/C17H13O/c18-17(14-7-2-1-3-8-14)16-11-10-13-6-4-5-9-15(13)12-16/h1-12,18H. The zero-order chi connectivity index (χ0) is 12.4. The number of aliphatic hydroxyl groups excluding tert-OH is 1. The second-order valence-corrected chi connectivity index (χ2v) is 4.28. The Labute approximate surface area is 106 Å². The summed E-state index contributed by atoms with van der Waals surface area (Å²) >= 11 is 0.